The summed E-state index contributed by atoms with van der Waals surface area (Å²) >= 11 is 0. The van der Waals surface area contributed by atoms with Crippen molar-refractivity contribution in [3.63, 3.8) is 0 Å². The summed E-state index contributed by atoms with van der Waals surface area (Å²) in [5, 5.41) is 5.94. The molecule has 20 heavy (non-hydrogen) atoms. The fourth-order valence-electron chi connectivity index (χ4n) is 1.85. The smallest absolute Gasteiger partial charge is 0.243 e. The molecule has 0 saturated carbocycles. The van der Waals surface area contributed by atoms with E-state index in [0.29, 0.717) is 0 Å². The Morgan fingerprint density at radius 2 is 1.95 bits per heavy atom. The number of aryl methyl sites for hydroxylation is 1. The van der Waals surface area contributed by atoms with Gasteiger partial charge in [0.15, 0.2) is 0 Å². The summed E-state index contributed by atoms with van der Waals surface area (Å²) in [5.74, 6) is 0.621. The second-order valence-corrected chi connectivity index (χ2v) is 4.45. The zero-order chi connectivity index (χ0) is 14.4. The highest BCUT2D eigenvalue weighted by Gasteiger charge is 2.04. The van der Waals surface area contributed by atoms with Crippen molar-refractivity contribution in [3.8, 4) is 5.75 Å². The second kappa shape index (κ2) is 6.61. The zero-order valence-electron chi connectivity index (χ0n) is 11.6. The number of para-hydroxylation sites is 1. The molecule has 0 radical (unpaired) electrons. The fourth-order valence-corrected chi connectivity index (χ4v) is 1.85. The molecule has 104 valence electrons. The molecule has 2 N–H and O–H groups in total. The van der Waals surface area contributed by atoms with E-state index in [1.807, 2.05) is 49.4 Å². The Labute approximate surface area is 118 Å². The minimum Gasteiger partial charge on any atom is -0.497 e. The molecule has 0 saturated heterocycles. The van der Waals surface area contributed by atoms with Crippen molar-refractivity contribution in [2.45, 2.75) is 6.92 Å². The molecule has 0 aliphatic heterocycles. The van der Waals surface area contributed by atoms with Gasteiger partial charge in [0.05, 0.1) is 13.7 Å². The Bertz CT molecular complexity index is 597. The number of rotatable bonds is 5. The molecule has 0 aromatic heterocycles. The van der Waals surface area contributed by atoms with Gasteiger partial charge in [-0.05, 0) is 30.7 Å². The van der Waals surface area contributed by atoms with Crippen LogP contribution in [-0.2, 0) is 4.79 Å². The molecular weight excluding hydrogens is 252 g/mol. The third-order valence-electron chi connectivity index (χ3n) is 2.94. The average molecular weight is 270 g/mol. The fraction of sp³-hybridized carbons (Fsp3) is 0.188. The lowest BCUT2D eigenvalue weighted by molar-refractivity contribution is -0.114. The minimum atomic E-state index is -0.0958. The quantitative estimate of drug-likeness (QED) is 0.878. The molecule has 0 aliphatic carbocycles. The summed E-state index contributed by atoms with van der Waals surface area (Å²) < 4.78 is 5.11. The van der Waals surface area contributed by atoms with Gasteiger partial charge in [-0.3, -0.25) is 4.79 Å². The third-order valence-corrected chi connectivity index (χ3v) is 2.94. The van der Waals surface area contributed by atoms with E-state index in [2.05, 4.69) is 10.6 Å². The highest BCUT2D eigenvalue weighted by atomic mass is 16.5. The number of carbonyl (C=O) groups excluding carboxylic acids is 1. The van der Waals surface area contributed by atoms with Crippen LogP contribution in [-0.4, -0.2) is 19.6 Å². The molecule has 0 aliphatic rings. The molecule has 0 bridgehead atoms. The SMILES string of the molecule is COc1cccc(NC(=O)CNc2ccccc2C)c1. The first-order valence-electron chi connectivity index (χ1n) is 6.42. The third kappa shape index (κ3) is 3.75. The van der Waals surface area contributed by atoms with Crippen molar-refractivity contribution < 1.29 is 9.53 Å². The number of methoxy groups -OCH3 is 1. The molecule has 0 spiro atoms. The van der Waals surface area contributed by atoms with Gasteiger partial charge >= 0.3 is 0 Å². The van der Waals surface area contributed by atoms with Crippen LogP contribution in [0.15, 0.2) is 48.5 Å². The minimum absolute atomic E-state index is 0.0958. The Kier molecular flexibility index (Phi) is 4.60. The van der Waals surface area contributed by atoms with Crippen LogP contribution < -0.4 is 15.4 Å². The van der Waals surface area contributed by atoms with Crippen LogP contribution in [0.4, 0.5) is 11.4 Å². The Morgan fingerprint density at radius 1 is 1.15 bits per heavy atom. The van der Waals surface area contributed by atoms with Gasteiger partial charge in [0.2, 0.25) is 5.91 Å². The molecule has 1 amide bonds. The Balaban J connectivity index is 1.91. The van der Waals surface area contributed by atoms with Crippen LogP contribution in [0.5, 0.6) is 5.75 Å². The molecule has 4 heteroatoms. The van der Waals surface area contributed by atoms with Crippen LogP contribution in [0.2, 0.25) is 0 Å². The molecule has 2 aromatic carbocycles. The van der Waals surface area contributed by atoms with Gasteiger partial charge in [-0.1, -0.05) is 24.3 Å². The monoisotopic (exact) mass is 270 g/mol. The predicted octanol–water partition coefficient (Wildman–Crippen LogP) is 3.05. The van der Waals surface area contributed by atoms with E-state index in [9.17, 15) is 4.79 Å². The summed E-state index contributed by atoms with van der Waals surface area (Å²) in [6.07, 6.45) is 0. The predicted molar refractivity (Wildman–Crippen MR) is 81.3 cm³/mol. The van der Waals surface area contributed by atoms with Crippen LogP contribution in [0, 0.1) is 6.92 Å². The molecular formula is C16H18N2O2. The first kappa shape index (κ1) is 13.9. The number of amides is 1. The van der Waals surface area contributed by atoms with Crippen molar-refractivity contribution in [1.82, 2.24) is 0 Å². The van der Waals surface area contributed by atoms with E-state index in [4.69, 9.17) is 4.74 Å². The number of benzene rings is 2. The maximum Gasteiger partial charge on any atom is 0.243 e. The van der Waals surface area contributed by atoms with Crippen molar-refractivity contribution >= 4 is 17.3 Å². The van der Waals surface area contributed by atoms with Crippen LogP contribution >= 0.6 is 0 Å². The largest absolute Gasteiger partial charge is 0.497 e. The summed E-state index contributed by atoms with van der Waals surface area (Å²) in [6, 6.07) is 15.1. The second-order valence-electron chi connectivity index (χ2n) is 4.45. The number of nitrogens with one attached hydrogen (secondary N) is 2. The summed E-state index contributed by atoms with van der Waals surface area (Å²) in [4.78, 5) is 11.9. The van der Waals surface area contributed by atoms with E-state index in [0.717, 1.165) is 22.7 Å². The number of hydrogen-bond donors (Lipinski definition) is 2. The zero-order valence-corrected chi connectivity index (χ0v) is 11.6. The molecule has 0 atom stereocenters. The molecule has 2 rings (SSSR count). The molecule has 2 aromatic rings. The highest BCUT2D eigenvalue weighted by Crippen LogP contribution is 2.17. The van der Waals surface area contributed by atoms with Crippen LogP contribution in [0.3, 0.4) is 0 Å². The first-order chi connectivity index (χ1) is 9.69. The lowest BCUT2D eigenvalue weighted by Crippen LogP contribution is -2.22. The summed E-state index contributed by atoms with van der Waals surface area (Å²) in [5.41, 5.74) is 2.80. The molecule has 0 fully saturated rings. The molecule has 0 unspecified atom stereocenters. The van der Waals surface area contributed by atoms with Gasteiger partial charge in [-0.15, -0.1) is 0 Å². The van der Waals surface area contributed by atoms with Crippen molar-refractivity contribution in [3.05, 3.63) is 54.1 Å². The van der Waals surface area contributed by atoms with E-state index < -0.39 is 0 Å². The highest BCUT2D eigenvalue weighted by molar-refractivity contribution is 5.94. The molecule has 0 heterocycles. The van der Waals surface area contributed by atoms with Crippen LogP contribution in [0.1, 0.15) is 5.56 Å². The topological polar surface area (TPSA) is 50.4 Å². The Morgan fingerprint density at radius 3 is 2.70 bits per heavy atom. The van der Waals surface area contributed by atoms with Gasteiger partial charge in [0.1, 0.15) is 5.75 Å². The average Bonchev–Trinajstić information content (AvgIpc) is 2.46. The van der Waals surface area contributed by atoms with E-state index >= 15 is 0 Å². The van der Waals surface area contributed by atoms with Crippen LogP contribution in [0.25, 0.3) is 0 Å². The lowest BCUT2D eigenvalue weighted by atomic mass is 10.2. The summed E-state index contributed by atoms with van der Waals surface area (Å²) in [7, 11) is 1.60. The van der Waals surface area contributed by atoms with Gasteiger partial charge in [-0.2, -0.15) is 0 Å². The number of carbonyl (C=O) groups is 1. The number of hydrogen-bond acceptors (Lipinski definition) is 3. The number of ether oxygens (including phenoxy) is 1. The number of anilines is 2. The van der Waals surface area contributed by atoms with Crippen molar-refractivity contribution in [2.24, 2.45) is 0 Å². The van der Waals surface area contributed by atoms with Crippen molar-refractivity contribution in [1.29, 1.82) is 0 Å². The maximum absolute atomic E-state index is 11.9. The van der Waals surface area contributed by atoms with Gasteiger partial charge in [-0.25, -0.2) is 0 Å². The van der Waals surface area contributed by atoms with Gasteiger partial charge in [0.25, 0.3) is 0 Å². The normalized spacial score (nSPS) is 9.90. The summed E-state index contributed by atoms with van der Waals surface area (Å²) in [6.45, 7) is 2.23. The van der Waals surface area contributed by atoms with Gasteiger partial charge in [0, 0.05) is 17.4 Å². The standard InChI is InChI=1S/C16H18N2O2/c1-12-6-3-4-9-15(12)17-11-16(19)18-13-7-5-8-14(10-13)20-2/h3-10,17H,11H2,1-2H3,(H,18,19). The first-order valence-corrected chi connectivity index (χ1v) is 6.42. The van der Waals surface area contributed by atoms with Gasteiger partial charge < -0.3 is 15.4 Å². The van der Waals surface area contributed by atoms with Crippen molar-refractivity contribution in [2.75, 3.05) is 24.3 Å². The molecule has 4 nitrogen and oxygen atoms in total. The lowest BCUT2D eigenvalue weighted by Gasteiger charge is -2.10. The van der Waals surface area contributed by atoms with E-state index in [1.165, 1.54) is 0 Å². The maximum atomic E-state index is 11.9. The Hall–Kier alpha value is -2.49. The van der Waals surface area contributed by atoms with E-state index in [-0.39, 0.29) is 12.5 Å². The van der Waals surface area contributed by atoms with E-state index in [1.54, 1.807) is 13.2 Å².